The molecule has 1 N–H and O–H groups in total. The van der Waals surface area contributed by atoms with Crippen LogP contribution in [0.3, 0.4) is 0 Å². The van der Waals surface area contributed by atoms with Crippen molar-refractivity contribution < 1.29 is 27.1 Å². The van der Waals surface area contributed by atoms with Gasteiger partial charge in [-0.25, -0.2) is 8.42 Å². The number of fused-ring (bicyclic) bond motifs is 1. The fraction of sp³-hybridized carbons (Fsp3) is 0.333. The van der Waals surface area contributed by atoms with Gasteiger partial charge in [0, 0.05) is 18.8 Å². The third kappa shape index (κ3) is 3.96. The minimum atomic E-state index is -3.85. The zero-order valence-electron chi connectivity index (χ0n) is 18.2. The molecule has 1 atom stereocenters. The zero-order chi connectivity index (χ0) is 23.0. The fourth-order valence-electron chi connectivity index (χ4n) is 3.59. The van der Waals surface area contributed by atoms with E-state index in [1.165, 1.54) is 22.3 Å². The van der Waals surface area contributed by atoms with E-state index in [2.05, 4.69) is 10.4 Å². The summed E-state index contributed by atoms with van der Waals surface area (Å²) in [7, 11) is -2.38. The first kappa shape index (κ1) is 21.9. The van der Waals surface area contributed by atoms with Gasteiger partial charge in [-0.1, -0.05) is 0 Å². The SMILES string of the molecule is Cc1nn([C@H](C)C(=O)Nc2ccc3c(c2)OCO3)c(C)c1S(=O)(=O)N(C)Cc1ccco1. The Kier molecular flexibility index (Phi) is 5.70. The second kappa shape index (κ2) is 8.32. The molecular weight excluding hydrogens is 436 g/mol. The molecule has 11 heteroatoms. The van der Waals surface area contributed by atoms with Crippen molar-refractivity contribution >= 4 is 21.6 Å². The van der Waals surface area contributed by atoms with Crippen LogP contribution in [0.1, 0.15) is 30.1 Å². The number of nitrogens with one attached hydrogen (secondary N) is 1. The Hall–Kier alpha value is -3.31. The number of anilines is 1. The molecular formula is C21H24N4O6S. The number of carbonyl (C=O) groups is 1. The van der Waals surface area contributed by atoms with Gasteiger partial charge in [0.2, 0.25) is 22.7 Å². The summed E-state index contributed by atoms with van der Waals surface area (Å²) in [6, 6.07) is 7.75. The molecule has 4 rings (SSSR count). The number of rotatable bonds is 7. The van der Waals surface area contributed by atoms with Gasteiger partial charge in [0.25, 0.3) is 0 Å². The molecule has 170 valence electrons. The molecule has 0 aliphatic carbocycles. The van der Waals surface area contributed by atoms with Crippen LogP contribution in [-0.2, 0) is 21.4 Å². The van der Waals surface area contributed by atoms with Gasteiger partial charge in [0.1, 0.15) is 16.7 Å². The van der Waals surface area contributed by atoms with E-state index in [1.807, 2.05) is 0 Å². The number of nitrogens with zero attached hydrogens (tertiary/aromatic N) is 3. The Labute approximate surface area is 185 Å². The Balaban J connectivity index is 1.55. The summed E-state index contributed by atoms with van der Waals surface area (Å²) in [5, 5.41) is 7.17. The monoisotopic (exact) mass is 460 g/mol. The van der Waals surface area contributed by atoms with Gasteiger partial charge >= 0.3 is 0 Å². The number of benzene rings is 1. The molecule has 1 amide bonds. The van der Waals surface area contributed by atoms with E-state index in [1.54, 1.807) is 51.1 Å². The molecule has 0 saturated heterocycles. The smallest absolute Gasteiger partial charge is 0.248 e. The van der Waals surface area contributed by atoms with Crippen molar-refractivity contribution in [3.8, 4) is 11.5 Å². The maximum atomic E-state index is 13.2. The first-order valence-electron chi connectivity index (χ1n) is 9.93. The standard InChI is InChI=1S/C21H24N4O6S/c1-13-20(32(27,28)24(4)11-17-6-5-9-29-17)14(2)25(23-13)15(3)21(26)22-16-7-8-18-19(10-16)31-12-30-18/h5-10,15H,11-12H2,1-4H3,(H,22,26)/t15-/m1/s1. The largest absolute Gasteiger partial charge is 0.468 e. The average molecular weight is 461 g/mol. The number of ether oxygens (including phenoxy) is 2. The van der Waals surface area contributed by atoms with Gasteiger partial charge < -0.3 is 19.2 Å². The van der Waals surface area contributed by atoms with Crippen molar-refractivity contribution in [1.29, 1.82) is 0 Å². The van der Waals surface area contributed by atoms with Gasteiger partial charge in [-0.3, -0.25) is 9.48 Å². The molecule has 0 bridgehead atoms. The molecule has 32 heavy (non-hydrogen) atoms. The molecule has 0 fully saturated rings. The number of aryl methyl sites for hydroxylation is 1. The Bertz CT molecular complexity index is 1250. The highest BCUT2D eigenvalue weighted by Crippen LogP contribution is 2.34. The summed E-state index contributed by atoms with van der Waals surface area (Å²) in [5.41, 5.74) is 1.23. The second-order valence-electron chi connectivity index (χ2n) is 7.52. The van der Waals surface area contributed by atoms with E-state index < -0.39 is 16.1 Å². The number of amides is 1. The van der Waals surface area contributed by atoms with Crippen molar-refractivity contribution in [1.82, 2.24) is 14.1 Å². The van der Waals surface area contributed by atoms with Crippen molar-refractivity contribution in [3.63, 3.8) is 0 Å². The van der Waals surface area contributed by atoms with Crippen LogP contribution in [0.2, 0.25) is 0 Å². The lowest BCUT2D eigenvalue weighted by Gasteiger charge is -2.17. The fourth-order valence-corrected chi connectivity index (χ4v) is 5.08. The highest BCUT2D eigenvalue weighted by Gasteiger charge is 2.31. The molecule has 0 unspecified atom stereocenters. The van der Waals surface area contributed by atoms with Crippen LogP contribution in [0, 0.1) is 13.8 Å². The molecule has 0 radical (unpaired) electrons. The Morgan fingerprint density at radius 2 is 2.00 bits per heavy atom. The molecule has 0 saturated carbocycles. The van der Waals surface area contributed by atoms with Gasteiger partial charge in [0.15, 0.2) is 11.5 Å². The Morgan fingerprint density at radius 1 is 1.25 bits per heavy atom. The quantitative estimate of drug-likeness (QED) is 0.576. The number of sulfonamides is 1. The zero-order valence-corrected chi connectivity index (χ0v) is 19.0. The molecule has 1 aliphatic rings. The maximum absolute atomic E-state index is 13.2. The van der Waals surface area contributed by atoms with E-state index in [0.29, 0.717) is 34.3 Å². The third-order valence-corrected chi connectivity index (χ3v) is 7.33. The minimum absolute atomic E-state index is 0.0780. The van der Waals surface area contributed by atoms with Crippen molar-refractivity contribution in [3.05, 3.63) is 53.7 Å². The molecule has 1 aliphatic heterocycles. The molecule has 10 nitrogen and oxygen atoms in total. The first-order chi connectivity index (χ1) is 15.2. The number of hydrogen-bond acceptors (Lipinski definition) is 7. The Morgan fingerprint density at radius 3 is 2.72 bits per heavy atom. The normalized spacial score (nSPS) is 14.0. The van der Waals surface area contributed by atoms with E-state index in [4.69, 9.17) is 13.9 Å². The van der Waals surface area contributed by atoms with Crippen LogP contribution in [0.4, 0.5) is 5.69 Å². The van der Waals surface area contributed by atoms with Gasteiger partial charge in [0.05, 0.1) is 24.2 Å². The molecule has 2 aromatic heterocycles. The summed E-state index contributed by atoms with van der Waals surface area (Å²) in [6.45, 7) is 5.13. The lowest BCUT2D eigenvalue weighted by atomic mass is 10.2. The van der Waals surface area contributed by atoms with Crippen molar-refractivity contribution in [2.24, 2.45) is 0 Å². The maximum Gasteiger partial charge on any atom is 0.248 e. The number of furan rings is 1. The van der Waals surface area contributed by atoms with Gasteiger partial charge in [-0.15, -0.1) is 0 Å². The molecule has 1 aromatic carbocycles. The minimum Gasteiger partial charge on any atom is -0.468 e. The summed E-state index contributed by atoms with van der Waals surface area (Å²) >= 11 is 0. The lowest BCUT2D eigenvalue weighted by molar-refractivity contribution is -0.119. The highest BCUT2D eigenvalue weighted by atomic mass is 32.2. The number of carbonyl (C=O) groups excluding carboxylic acids is 1. The molecule has 0 spiro atoms. The van der Waals surface area contributed by atoms with E-state index in [-0.39, 0.29) is 24.1 Å². The van der Waals surface area contributed by atoms with Crippen LogP contribution in [-0.4, -0.2) is 42.3 Å². The van der Waals surface area contributed by atoms with Crippen molar-refractivity contribution in [2.45, 2.75) is 38.3 Å². The lowest BCUT2D eigenvalue weighted by Crippen LogP contribution is -2.28. The number of hydrogen-bond donors (Lipinski definition) is 1. The van der Waals surface area contributed by atoms with Crippen LogP contribution >= 0.6 is 0 Å². The number of aromatic nitrogens is 2. The molecule has 3 heterocycles. The van der Waals surface area contributed by atoms with E-state index >= 15 is 0 Å². The van der Waals surface area contributed by atoms with Crippen LogP contribution in [0.5, 0.6) is 11.5 Å². The summed E-state index contributed by atoms with van der Waals surface area (Å²) < 4.78 is 44.9. The predicted molar refractivity (Wildman–Crippen MR) is 115 cm³/mol. The van der Waals surface area contributed by atoms with Crippen LogP contribution in [0.15, 0.2) is 45.9 Å². The predicted octanol–water partition coefficient (Wildman–Crippen LogP) is 2.84. The summed E-state index contributed by atoms with van der Waals surface area (Å²) in [4.78, 5) is 12.9. The van der Waals surface area contributed by atoms with Gasteiger partial charge in [-0.05, 0) is 45.0 Å². The van der Waals surface area contributed by atoms with E-state index in [9.17, 15) is 13.2 Å². The topological polar surface area (TPSA) is 116 Å². The average Bonchev–Trinajstić information content (AvgIpc) is 3.47. The highest BCUT2D eigenvalue weighted by molar-refractivity contribution is 7.89. The van der Waals surface area contributed by atoms with E-state index in [0.717, 1.165) is 0 Å². The second-order valence-corrected chi connectivity index (χ2v) is 9.50. The summed E-state index contributed by atoms with van der Waals surface area (Å²) in [6.07, 6.45) is 1.49. The first-order valence-corrected chi connectivity index (χ1v) is 11.4. The molecule has 3 aromatic rings. The van der Waals surface area contributed by atoms with Crippen molar-refractivity contribution in [2.75, 3.05) is 19.2 Å². The van der Waals surface area contributed by atoms with Gasteiger partial charge in [-0.2, -0.15) is 9.40 Å². The van der Waals surface area contributed by atoms with Crippen LogP contribution < -0.4 is 14.8 Å². The summed E-state index contributed by atoms with van der Waals surface area (Å²) in [5.74, 6) is 1.34. The third-order valence-electron chi connectivity index (χ3n) is 5.27. The van der Waals surface area contributed by atoms with Crippen LogP contribution in [0.25, 0.3) is 0 Å².